The van der Waals surface area contributed by atoms with E-state index in [0.29, 0.717) is 0 Å². The summed E-state index contributed by atoms with van der Waals surface area (Å²) in [6, 6.07) is 9.81. The lowest BCUT2D eigenvalue weighted by atomic mass is 9.69. The van der Waals surface area contributed by atoms with Gasteiger partial charge in [0.2, 0.25) is 0 Å². The van der Waals surface area contributed by atoms with E-state index in [2.05, 4.69) is 50.3 Å². The van der Waals surface area contributed by atoms with Crippen LogP contribution in [0.2, 0.25) is 0 Å². The molecule has 1 aromatic carbocycles. The first-order valence-corrected chi connectivity index (χ1v) is 12.5. The minimum atomic E-state index is 0.795. The molecule has 2 aliphatic carbocycles. The molecule has 0 spiro atoms. The van der Waals surface area contributed by atoms with E-state index < -0.39 is 0 Å². The van der Waals surface area contributed by atoms with Crippen LogP contribution >= 0.6 is 0 Å². The summed E-state index contributed by atoms with van der Waals surface area (Å²) in [5.41, 5.74) is 3.16. The third-order valence-corrected chi connectivity index (χ3v) is 7.59. The standard InChI is InChI=1S/C28H44/c1-3-5-7-11-24-16-20-27(21-17-24)28(22-25-12-8-6-9-13-25)26-18-14-23(10-4-2)15-19-26/h6,8,14-15,18-19,24-25,27-28H,3-5,7,9-13,16-17,20-22H2,1-2H3. The monoisotopic (exact) mass is 380 g/mol. The van der Waals surface area contributed by atoms with Crippen molar-refractivity contribution >= 4 is 0 Å². The zero-order chi connectivity index (χ0) is 19.6. The van der Waals surface area contributed by atoms with Crippen molar-refractivity contribution in [2.24, 2.45) is 17.8 Å². The van der Waals surface area contributed by atoms with E-state index in [0.717, 1.165) is 23.7 Å². The second kappa shape index (κ2) is 11.8. The predicted molar refractivity (Wildman–Crippen MR) is 124 cm³/mol. The predicted octanol–water partition coefficient (Wildman–Crippen LogP) is 8.86. The van der Waals surface area contributed by atoms with E-state index in [1.165, 1.54) is 95.5 Å². The Kier molecular flexibility index (Phi) is 9.16. The smallest absolute Gasteiger partial charge is 0.0131 e. The molecule has 0 heteroatoms. The minimum absolute atomic E-state index is 0.795. The number of unbranched alkanes of at least 4 members (excludes halogenated alkanes) is 2. The fraction of sp³-hybridized carbons (Fsp3) is 0.714. The molecule has 0 bridgehead atoms. The maximum absolute atomic E-state index is 2.49. The van der Waals surface area contributed by atoms with Gasteiger partial charge in [-0.05, 0) is 79.7 Å². The molecule has 0 N–H and O–H groups in total. The number of benzene rings is 1. The van der Waals surface area contributed by atoms with Crippen LogP contribution in [0.25, 0.3) is 0 Å². The van der Waals surface area contributed by atoms with E-state index in [1.54, 1.807) is 5.56 Å². The third kappa shape index (κ3) is 6.50. The largest absolute Gasteiger partial charge is 0.0885 e. The summed E-state index contributed by atoms with van der Waals surface area (Å²) in [6.45, 7) is 4.61. The van der Waals surface area contributed by atoms with E-state index in [4.69, 9.17) is 0 Å². The first kappa shape index (κ1) is 21.7. The molecule has 1 saturated carbocycles. The van der Waals surface area contributed by atoms with Gasteiger partial charge in [-0.3, -0.25) is 0 Å². The number of aryl methyl sites for hydroxylation is 1. The summed E-state index contributed by atoms with van der Waals surface area (Å²) in [6.07, 6.45) is 24.4. The molecule has 2 atom stereocenters. The highest BCUT2D eigenvalue weighted by molar-refractivity contribution is 5.26. The van der Waals surface area contributed by atoms with Gasteiger partial charge in [-0.15, -0.1) is 0 Å². The number of allylic oxidation sites excluding steroid dienone is 2. The highest BCUT2D eigenvalue weighted by atomic mass is 14.3. The zero-order valence-corrected chi connectivity index (χ0v) is 18.7. The molecule has 1 fully saturated rings. The maximum Gasteiger partial charge on any atom is -0.0131 e. The summed E-state index contributed by atoms with van der Waals surface area (Å²) >= 11 is 0. The molecule has 3 rings (SSSR count). The zero-order valence-electron chi connectivity index (χ0n) is 18.7. The van der Waals surface area contributed by atoms with Crippen LogP contribution in [-0.2, 0) is 6.42 Å². The van der Waals surface area contributed by atoms with E-state index in [1.807, 2.05) is 0 Å². The van der Waals surface area contributed by atoms with Gasteiger partial charge in [-0.1, -0.05) is 95.2 Å². The maximum atomic E-state index is 2.49. The van der Waals surface area contributed by atoms with E-state index in [9.17, 15) is 0 Å². The van der Waals surface area contributed by atoms with Crippen molar-refractivity contribution < 1.29 is 0 Å². The molecule has 0 aliphatic heterocycles. The Morgan fingerprint density at radius 1 is 0.821 bits per heavy atom. The molecule has 0 nitrogen and oxygen atoms in total. The Labute approximate surface area is 175 Å². The molecular weight excluding hydrogens is 336 g/mol. The van der Waals surface area contributed by atoms with Gasteiger partial charge in [0.25, 0.3) is 0 Å². The molecule has 0 aromatic heterocycles. The first-order chi connectivity index (χ1) is 13.8. The lowest BCUT2D eigenvalue weighted by molar-refractivity contribution is 0.210. The summed E-state index contributed by atoms with van der Waals surface area (Å²) in [7, 11) is 0. The van der Waals surface area contributed by atoms with Crippen molar-refractivity contribution in [3.8, 4) is 0 Å². The van der Waals surface area contributed by atoms with Gasteiger partial charge in [-0.2, -0.15) is 0 Å². The van der Waals surface area contributed by atoms with Gasteiger partial charge < -0.3 is 0 Å². The molecule has 156 valence electrons. The Bertz CT molecular complexity index is 558. The summed E-state index contributed by atoms with van der Waals surface area (Å²) in [4.78, 5) is 0. The first-order valence-electron chi connectivity index (χ1n) is 12.5. The molecule has 0 radical (unpaired) electrons. The van der Waals surface area contributed by atoms with Crippen LogP contribution < -0.4 is 0 Å². The summed E-state index contributed by atoms with van der Waals surface area (Å²) in [5.74, 6) is 3.65. The van der Waals surface area contributed by atoms with E-state index in [-0.39, 0.29) is 0 Å². The lowest BCUT2D eigenvalue weighted by Gasteiger charge is -2.36. The van der Waals surface area contributed by atoms with Crippen LogP contribution in [0.4, 0.5) is 0 Å². The molecule has 2 aliphatic rings. The average Bonchev–Trinajstić information content (AvgIpc) is 2.75. The molecule has 2 unspecified atom stereocenters. The Hall–Kier alpha value is -1.04. The number of hydrogen-bond acceptors (Lipinski definition) is 0. The SMILES string of the molecule is CCCCCC1CCC(C(CC2CC=CCC2)c2ccc(CCC)cc2)CC1. The van der Waals surface area contributed by atoms with Gasteiger partial charge in [-0.25, -0.2) is 0 Å². The molecule has 0 heterocycles. The van der Waals surface area contributed by atoms with Gasteiger partial charge in [0.1, 0.15) is 0 Å². The normalized spacial score (nSPS) is 26.3. The Balaban J connectivity index is 1.63. The highest BCUT2D eigenvalue weighted by Crippen LogP contribution is 2.44. The molecule has 1 aromatic rings. The summed E-state index contributed by atoms with van der Waals surface area (Å²) in [5, 5.41) is 0. The van der Waals surface area contributed by atoms with Crippen molar-refractivity contribution in [3.63, 3.8) is 0 Å². The number of rotatable bonds is 10. The second-order valence-electron chi connectivity index (χ2n) is 9.76. The van der Waals surface area contributed by atoms with Gasteiger partial charge in [0.05, 0.1) is 0 Å². The van der Waals surface area contributed by atoms with Crippen LogP contribution in [0.3, 0.4) is 0 Å². The van der Waals surface area contributed by atoms with Crippen molar-refractivity contribution in [3.05, 3.63) is 47.5 Å². The van der Waals surface area contributed by atoms with Crippen LogP contribution in [-0.4, -0.2) is 0 Å². The molecule has 28 heavy (non-hydrogen) atoms. The quantitative estimate of drug-likeness (QED) is 0.281. The van der Waals surface area contributed by atoms with Gasteiger partial charge >= 0.3 is 0 Å². The van der Waals surface area contributed by atoms with Crippen LogP contribution in [0.5, 0.6) is 0 Å². The van der Waals surface area contributed by atoms with Gasteiger partial charge in [0, 0.05) is 0 Å². The fourth-order valence-electron chi connectivity index (χ4n) is 5.81. The second-order valence-corrected chi connectivity index (χ2v) is 9.76. The molecular formula is C28H44. The van der Waals surface area contributed by atoms with Crippen LogP contribution in [0, 0.1) is 17.8 Å². The molecule has 0 amide bonds. The molecule has 0 saturated heterocycles. The van der Waals surface area contributed by atoms with Crippen molar-refractivity contribution in [1.82, 2.24) is 0 Å². The van der Waals surface area contributed by atoms with E-state index >= 15 is 0 Å². The third-order valence-electron chi connectivity index (χ3n) is 7.59. The van der Waals surface area contributed by atoms with Gasteiger partial charge in [0.15, 0.2) is 0 Å². The van der Waals surface area contributed by atoms with Crippen molar-refractivity contribution in [2.45, 2.75) is 110 Å². The van der Waals surface area contributed by atoms with Crippen molar-refractivity contribution in [2.75, 3.05) is 0 Å². The van der Waals surface area contributed by atoms with Crippen LogP contribution in [0.15, 0.2) is 36.4 Å². The average molecular weight is 381 g/mol. The minimum Gasteiger partial charge on any atom is -0.0885 e. The summed E-state index contributed by atoms with van der Waals surface area (Å²) < 4.78 is 0. The highest BCUT2D eigenvalue weighted by Gasteiger charge is 2.30. The topological polar surface area (TPSA) is 0 Å². The van der Waals surface area contributed by atoms with Crippen molar-refractivity contribution in [1.29, 1.82) is 0 Å². The fourth-order valence-corrected chi connectivity index (χ4v) is 5.81. The Morgan fingerprint density at radius 2 is 1.61 bits per heavy atom. The lowest BCUT2D eigenvalue weighted by Crippen LogP contribution is -2.23. The Morgan fingerprint density at radius 3 is 2.25 bits per heavy atom. The number of hydrogen-bond donors (Lipinski definition) is 0. The van der Waals surface area contributed by atoms with Crippen LogP contribution in [0.1, 0.15) is 114 Å².